The Morgan fingerprint density at radius 2 is 1.17 bits per heavy atom. The van der Waals surface area contributed by atoms with Crippen LogP contribution in [0.4, 0.5) is 4.39 Å². The van der Waals surface area contributed by atoms with Crippen LogP contribution >= 0.6 is 0 Å². The van der Waals surface area contributed by atoms with Crippen LogP contribution < -0.4 is 0 Å². The van der Waals surface area contributed by atoms with Gasteiger partial charge in [0.25, 0.3) is 0 Å². The molecule has 0 amide bonds. The van der Waals surface area contributed by atoms with Gasteiger partial charge in [-0.15, -0.1) is 65.7 Å². The van der Waals surface area contributed by atoms with Gasteiger partial charge >= 0.3 is 0 Å². The summed E-state index contributed by atoms with van der Waals surface area (Å²) in [5.74, 6) is 1.32. The van der Waals surface area contributed by atoms with Crippen molar-refractivity contribution in [3.63, 3.8) is 0 Å². The molecule has 0 aliphatic rings. The van der Waals surface area contributed by atoms with Crippen molar-refractivity contribution >= 4 is 11.0 Å². The topological polar surface area (TPSA) is 30.7 Å². The normalized spacial score (nSPS) is 10.9. The molecule has 5 heteroatoms. The van der Waals surface area contributed by atoms with E-state index in [0.29, 0.717) is 17.4 Å². The van der Waals surface area contributed by atoms with Crippen molar-refractivity contribution in [3.05, 3.63) is 187 Å². The molecule has 0 saturated heterocycles. The Hall–Kier alpha value is -5.48. The van der Waals surface area contributed by atoms with Gasteiger partial charge in [-0.2, -0.15) is 0 Å². The fourth-order valence-electron chi connectivity index (χ4n) is 6.55. The van der Waals surface area contributed by atoms with Gasteiger partial charge in [-0.3, -0.25) is 4.98 Å². The average Bonchev–Trinajstić information content (AvgIpc) is 3.58. The third-order valence-corrected chi connectivity index (χ3v) is 9.18. The van der Waals surface area contributed by atoms with E-state index >= 15 is 0 Å². The number of nitrogens with zero attached hydrogens (tertiary/aromatic N) is 3. The number of fused-ring (bicyclic) bond motifs is 1. The number of aromatic nitrogens is 3. The van der Waals surface area contributed by atoms with Crippen molar-refractivity contribution in [2.45, 2.75) is 39.5 Å². The molecule has 0 N–H and O–H groups in total. The molecule has 265 valence electrons. The minimum atomic E-state index is -0.264. The summed E-state index contributed by atoms with van der Waals surface area (Å²) in [4.78, 5) is 9.20. The molecule has 8 rings (SSSR count). The zero-order valence-corrected chi connectivity index (χ0v) is 32.6. The smallest absolute Gasteiger partial charge is 0.0774 e. The molecular formula is C48H40FIrN3-2. The van der Waals surface area contributed by atoms with E-state index in [1.807, 2.05) is 30.3 Å². The van der Waals surface area contributed by atoms with Crippen molar-refractivity contribution in [1.29, 1.82) is 0 Å². The van der Waals surface area contributed by atoms with Gasteiger partial charge in [0.05, 0.1) is 16.9 Å². The Kier molecular flexibility index (Phi) is 11.9. The zero-order chi connectivity index (χ0) is 36.0. The van der Waals surface area contributed by atoms with Gasteiger partial charge < -0.3 is 9.55 Å². The molecule has 0 spiro atoms. The van der Waals surface area contributed by atoms with E-state index in [-0.39, 0.29) is 25.9 Å². The van der Waals surface area contributed by atoms with Gasteiger partial charge in [-0.25, -0.2) is 4.39 Å². The maximum absolute atomic E-state index is 12.8. The minimum absolute atomic E-state index is 0. The number of rotatable bonds is 7. The van der Waals surface area contributed by atoms with Gasteiger partial charge in [0.2, 0.25) is 0 Å². The quantitative estimate of drug-likeness (QED) is 0.149. The van der Waals surface area contributed by atoms with Gasteiger partial charge in [0.15, 0.2) is 0 Å². The van der Waals surface area contributed by atoms with E-state index in [0.717, 1.165) is 28.1 Å². The standard InChI is InChI=1S/C37H33N2.C11H7FN.Ir/c1-25(2)32-23-31(29-21-19-28(20-22-29)27-13-7-5-8-14-27)24-33(26(3)4)36(32)39-35-18-12-11-17-34(35)38-37(39)30-15-9-6-10-16-30;12-10-5-3-4-9(8-10)11-6-1-2-7-13-11;/h5-15,17-26H,1-4H3;1-3,5-8H;/q2*-1;. The van der Waals surface area contributed by atoms with E-state index in [2.05, 4.69) is 153 Å². The summed E-state index contributed by atoms with van der Waals surface area (Å²) in [6, 6.07) is 57.1. The molecule has 0 unspecified atom stereocenters. The summed E-state index contributed by atoms with van der Waals surface area (Å²) < 4.78 is 15.2. The van der Waals surface area contributed by atoms with Crippen LogP contribution in [0.5, 0.6) is 0 Å². The molecular weight excluding hydrogens is 830 g/mol. The summed E-state index contributed by atoms with van der Waals surface area (Å²) >= 11 is 0. The second-order valence-electron chi connectivity index (χ2n) is 13.4. The monoisotopic (exact) mass is 870 g/mol. The predicted molar refractivity (Wildman–Crippen MR) is 213 cm³/mol. The Bertz CT molecular complexity index is 2370. The molecule has 0 aliphatic carbocycles. The average molecular weight is 870 g/mol. The molecule has 6 aromatic carbocycles. The summed E-state index contributed by atoms with van der Waals surface area (Å²) in [5, 5.41) is 0. The number of para-hydroxylation sites is 2. The third-order valence-electron chi connectivity index (χ3n) is 9.18. The van der Waals surface area contributed by atoms with Crippen LogP contribution in [0.2, 0.25) is 0 Å². The van der Waals surface area contributed by atoms with E-state index in [1.165, 1.54) is 51.2 Å². The number of halogens is 1. The Balaban J connectivity index is 0.000000289. The number of hydrogen-bond donors (Lipinski definition) is 0. The molecule has 53 heavy (non-hydrogen) atoms. The molecule has 0 fully saturated rings. The van der Waals surface area contributed by atoms with Gasteiger partial charge in [0.1, 0.15) is 0 Å². The number of hydrogen-bond acceptors (Lipinski definition) is 2. The first-order chi connectivity index (χ1) is 25.4. The van der Waals surface area contributed by atoms with Crippen LogP contribution in [0.1, 0.15) is 50.7 Å². The second kappa shape index (κ2) is 16.9. The van der Waals surface area contributed by atoms with E-state index in [1.54, 1.807) is 12.3 Å². The Labute approximate surface area is 325 Å². The first kappa shape index (κ1) is 37.3. The second-order valence-corrected chi connectivity index (χ2v) is 13.4. The minimum Gasteiger partial charge on any atom is -0.333 e. The van der Waals surface area contributed by atoms with E-state index < -0.39 is 0 Å². The fourth-order valence-corrected chi connectivity index (χ4v) is 6.55. The SMILES string of the molecule is CC(C)c1cc(-c2ccc(-c3ccccc3)cc2)cc(C(C)C)c1-n1c(-c2[c-]cccc2)nc2ccccc21.Fc1cc[c-]c(-c2ccccn2)c1.[Ir]. The van der Waals surface area contributed by atoms with Crippen LogP contribution in [0, 0.1) is 17.9 Å². The molecule has 0 aliphatic heterocycles. The van der Waals surface area contributed by atoms with Crippen LogP contribution in [0.15, 0.2) is 158 Å². The molecule has 0 bridgehead atoms. The maximum Gasteiger partial charge on any atom is 0.0774 e. The molecule has 0 saturated carbocycles. The summed E-state index contributed by atoms with van der Waals surface area (Å²) in [5.41, 5.74) is 13.4. The molecule has 3 nitrogen and oxygen atoms in total. The molecule has 1 radical (unpaired) electrons. The first-order valence-corrected chi connectivity index (χ1v) is 17.7. The van der Waals surface area contributed by atoms with Crippen LogP contribution in [-0.2, 0) is 20.1 Å². The van der Waals surface area contributed by atoms with Crippen molar-refractivity contribution in [2.75, 3.05) is 0 Å². The van der Waals surface area contributed by atoms with Crippen LogP contribution in [-0.4, -0.2) is 14.5 Å². The van der Waals surface area contributed by atoms with Gasteiger partial charge in [0, 0.05) is 37.8 Å². The van der Waals surface area contributed by atoms with Crippen LogP contribution in [0.3, 0.4) is 0 Å². The van der Waals surface area contributed by atoms with Crippen molar-refractivity contribution in [2.24, 2.45) is 0 Å². The maximum atomic E-state index is 12.8. The predicted octanol–water partition coefficient (Wildman–Crippen LogP) is 12.8. The van der Waals surface area contributed by atoms with Crippen molar-refractivity contribution < 1.29 is 24.5 Å². The molecule has 0 atom stereocenters. The number of imidazole rings is 1. The van der Waals surface area contributed by atoms with Crippen LogP contribution in [0.25, 0.3) is 61.6 Å². The summed E-state index contributed by atoms with van der Waals surface area (Å²) in [7, 11) is 0. The van der Waals surface area contributed by atoms with Crippen molar-refractivity contribution in [3.8, 4) is 50.6 Å². The number of benzene rings is 6. The van der Waals surface area contributed by atoms with E-state index in [9.17, 15) is 4.39 Å². The molecule has 2 heterocycles. The Morgan fingerprint density at radius 3 is 1.79 bits per heavy atom. The first-order valence-electron chi connectivity index (χ1n) is 17.7. The largest absolute Gasteiger partial charge is 0.333 e. The van der Waals surface area contributed by atoms with E-state index in [4.69, 9.17) is 4.98 Å². The summed E-state index contributed by atoms with van der Waals surface area (Å²) in [6.45, 7) is 9.16. The van der Waals surface area contributed by atoms with Gasteiger partial charge in [-0.1, -0.05) is 107 Å². The molecule has 2 aromatic heterocycles. The van der Waals surface area contributed by atoms with Gasteiger partial charge in [-0.05, 0) is 81.2 Å². The molecule has 8 aromatic rings. The summed E-state index contributed by atoms with van der Waals surface area (Å²) in [6.07, 6.45) is 1.67. The fraction of sp³-hybridized carbons (Fsp3) is 0.125. The zero-order valence-electron chi connectivity index (χ0n) is 30.2. The number of pyridine rings is 1. The Morgan fingerprint density at radius 1 is 0.566 bits per heavy atom. The third kappa shape index (κ3) is 8.28. The van der Waals surface area contributed by atoms with Crippen molar-refractivity contribution in [1.82, 2.24) is 14.5 Å².